The van der Waals surface area contributed by atoms with E-state index in [1.54, 1.807) is 0 Å². The minimum absolute atomic E-state index is 0.0341. The number of hydrogen-bond donors (Lipinski definition) is 1. The fourth-order valence-electron chi connectivity index (χ4n) is 1.50. The number of hydrogen-bond acceptors (Lipinski definition) is 3. The van der Waals surface area contributed by atoms with Crippen LogP contribution in [0.25, 0.3) is 0 Å². The summed E-state index contributed by atoms with van der Waals surface area (Å²) in [5, 5.41) is 21.3. The van der Waals surface area contributed by atoms with Gasteiger partial charge in [-0.3, -0.25) is 4.68 Å². The van der Waals surface area contributed by atoms with Gasteiger partial charge < -0.3 is 5.11 Å². The number of aromatic carboxylic acids is 1. The van der Waals surface area contributed by atoms with Crippen LogP contribution < -0.4 is 0 Å². The molecule has 0 aliphatic rings. The summed E-state index contributed by atoms with van der Waals surface area (Å²) in [6, 6.07) is 5.91. The van der Waals surface area contributed by atoms with E-state index < -0.39 is 11.8 Å². The first-order valence-electron chi connectivity index (χ1n) is 5.04. The molecule has 1 aromatic heterocycles. The van der Waals surface area contributed by atoms with Crippen molar-refractivity contribution in [3.8, 4) is 6.07 Å². The summed E-state index contributed by atoms with van der Waals surface area (Å²) in [4.78, 5) is 10.7. The Labute approximate surface area is 102 Å². The quantitative estimate of drug-likeness (QED) is 0.891. The molecule has 0 unspecified atom stereocenters. The number of carboxylic acid groups (broad SMARTS) is 1. The Morgan fingerprint density at radius 3 is 2.94 bits per heavy atom. The molecule has 5 nitrogen and oxygen atoms in total. The predicted molar refractivity (Wildman–Crippen MR) is 59.4 cm³/mol. The number of nitriles is 1. The lowest BCUT2D eigenvalue weighted by atomic mass is 10.1. The van der Waals surface area contributed by atoms with Crippen LogP contribution >= 0.6 is 0 Å². The summed E-state index contributed by atoms with van der Waals surface area (Å²) in [5.74, 6) is -1.55. The topological polar surface area (TPSA) is 78.9 Å². The smallest absolute Gasteiger partial charge is 0.338 e. The molecule has 0 bridgehead atoms. The summed E-state index contributed by atoms with van der Waals surface area (Å²) in [6.07, 6.45) is 2.50. The van der Waals surface area contributed by atoms with Crippen LogP contribution in [0, 0.1) is 17.1 Å². The molecule has 0 amide bonds. The van der Waals surface area contributed by atoms with E-state index >= 15 is 0 Å². The molecule has 0 radical (unpaired) electrons. The first-order valence-corrected chi connectivity index (χ1v) is 5.04. The summed E-state index contributed by atoms with van der Waals surface area (Å²) in [7, 11) is 0. The molecule has 1 N–H and O–H groups in total. The Hall–Kier alpha value is -2.68. The molecule has 0 saturated heterocycles. The lowest BCUT2D eigenvalue weighted by Crippen LogP contribution is -2.03. The average Bonchev–Trinajstić information content (AvgIpc) is 2.81. The van der Waals surface area contributed by atoms with Crippen LogP contribution in [0.1, 0.15) is 21.5 Å². The normalized spacial score (nSPS) is 10.0. The van der Waals surface area contributed by atoms with E-state index in [0.29, 0.717) is 5.56 Å². The standard InChI is InChI=1S/C12H8FN3O2/c13-11-2-1-8(4-14)3-9(11)6-16-7-10(5-15-16)12(17)18/h1-3,5,7H,6H2,(H,17,18). The second kappa shape index (κ2) is 4.67. The molecule has 0 aliphatic carbocycles. The fraction of sp³-hybridized carbons (Fsp3) is 0.0833. The lowest BCUT2D eigenvalue weighted by molar-refractivity contribution is 0.0697. The van der Waals surface area contributed by atoms with Crippen LogP contribution in [0.2, 0.25) is 0 Å². The Morgan fingerprint density at radius 1 is 1.56 bits per heavy atom. The zero-order valence-corrected chi connectivity index (χ0v) is 9.17. The van der Waals surface area contributed by atoms with Crippen LogP contribution in [-0.2, 0) is 6.54 Å². The SMILES string of the molecule is N#Cc1ccc(F)c(Cn2cc(C(=O)O)cn2)c1. The number of rotatable bonds is 3. The molecule has 2 rings (SSSR count). The number of aromatic nitrogens is 2. The van der Waals surface area contributed by atoms with E-state index in [4.69, 9.17) is 10.4 Å². The zero-order valence-electron chi connectivity index (χ0n) is 9.17. The largest absolute Gasteiger partial charge is 0.478 e. The van der Waals surface area contributed by atoms with Gasteiger partial charge >= 0.3 is 5.97 Å². The number of carboxylic acids is 1. The first-order chi connectivity index (χ1) is 8.60. The zero-order chi connectivity index (χ0) is 13.1. The molecule has 18 heavy (non-hydrogen) atoms. The molecule has 1 heterocycles. The molecule has 0 atom stereocenters. The second-order valence-corrected chi connectivity index (χ2v) is 3.65. The van der Waals surface area contributed by atoms with Crippen LogP contribution in [0.4, 0.5) is 4.39 Å². The predicted octanol–water partition coefficient (Wildman–Crippen LogP) is 1.64. The van der Waals surface area contributed by atoms with Crippen molar-refractivity contribution in [1.29, 1.82) is 5.26 Å². The van der Waals surface area contributed by atoms with Crippen LogP contribution in [0.5, 0.6) is 0 Å². The van der Waals surface area contributed by atoms with E-state index in [0.717, 1.165) is 0 Å². The summed E-state index contributed by atoms with van der Waals surface area (Å²) in [5.41, 5.74) is 0.665. The number of nitrogens with zero attached hydrogens (tertiary/aromatic N) is 3. The Morgan fingerprint density at radius 2 is 2.33 bits per heavy atom. The Bertz CT molecular complexity index is 643. The van der Waals surface area contributed by atoms with Crippen LogP contribution in [0.3, 0.4) is 0 Å². The van der Waals surface area contributed by atoms with E-state index in [-0.39, 0.29) is 17.7 Å². The van der Waals surface area contributed by atoms with Gasteiger partial charge in [-0.2, -0.15) is 10.4 Å². The van der Waals surface area contributed by atoms with Gasteiger partial charge in [0.15, 0.2) is 0 Å². The maximum absolute atomic E-state index is 13.5. The average molecular weight is 245 g/mol. The maximum Gasteiger partial charge on any atom is 0.338 e. The molecule has 0 spiro atoms. The van der Waals surface area contributed by atoms with Gasteiger partial charge in [0.25, 0.3) is 0 Å². The molecule has 0 fully saturated rings. The number of carbonyl (C=O) groups is 1. The van der Waals surface area contributed by atoms with Crippen molar-refractivity contribution in [1.82, 2.24) is 9.78 Å². The van der Waals surface area contributed by atoms with Crippen molar-refractivity contribution < 1.29 is 14.3 Å². The fourth-order valence-corrected chi connectivity index (χ4v) is 1.50. The summed E-state index contributed by atoms with van der Waals surface area (Å²) in [6.45, 7) is 0.0780. The highest BCUT2D eigenvalue weighted by Crippen LogP contribution is 2.12. The minimum Gasteiger partial charge on any atom is -0.478 e. The van der Waals surface area contributed by atoms with Gasteiger partial charge in [0.1, 0.15) is 5.82 Å². The molecular weight excluding hydrogens is 237 g/mol. The van der Waals surface area contributed by atoms with Crippen molar-refractivity contribution in [2.45, 2.75) is 6.54 Å². The van der Waals surface area contributed by atoms with Crippen molar-refractivity contribution in [2.24, 2.45) is 0 Å². The van der Waals surface area contributed by atoms with Gasteiger partial charge in [-0.25, -0.2) is 9.18 Å². The molecule has 6 heteroatoms. The number of halogens is 1. The van der Waals surface area contributed by atoms with Crippen LogP contribution in [-0.4, -0.2) is 20.9 Å². The first kappa shape index (κ1) is 11.8. The van der Waals surface area contributed by atoms with Gasteiger partial charge in [-0.1, -0.05) is 0 Å². The molecule has 2 aromatic rings. The van der Waals surface area contributed by atoms with Crippen molar-refractivity contribution in [2.75, 3.05) is 0 Å². The summed E-state index contributed by atoms with van der Waals surface area (Å²) < 4.78 is 14.8. The van der Waals surface area contributed by atoms with Crippen molar-refractivity contribution in [3.05, 3.63) is 53.1 Å². The molecular formula is C12H8FN3O2. The molecule has 90 valence electrons. The summed E-state index contributed by atoms with van der Waals surface area (Å²) >= 11 is 0. The van der Waals surface area contributed by atoms with E-state index in [2.05, 4.69) is 5.10 Å². The van der Waals surface area contributed by atoms with Crippen LogP contribution in [0.15, 0.2) is 30.6 Å². The molecule has 1 aromatic carbocycles. The third kappa shape index (κ3) is 2.35. The van der Waals surface area contributed by atoms with Gasteiger partial charge in [-0.05, 0) is 18.2 Å². The second-order valence-electron chi connectivity index (χ2n) is 3.65. The third-order valence-corrected chi connectivity index (χ3v) is 2.39. The van der Waals surface area contributed by atoms with Crippen molar-refractivity contribution >= 4 is 5.97 Å². The highest BCUT2D eigenvalue weighted by atomic mass is 19.1. The van der Waals surface area contributed by atoms with Gasteiger partial charge in [0, 0.05) is 11.8 Å². The molecule has 0 saturated carbocycles. The Balaban J connectivity index is 2.28. The lowest BCUT2D eigenvalue weighted by Gasteiger charge is -2.03. The number of benzene rings is 1. The van der Waals surface area contributed by atoms with Crippen molar-refractivity contribution in [3.63, 3.8) is 0 Å². The minimum atomic E-state index is -1.09. The van der Waals surface area contributed by atoms with E-state index in [9.17, 15) is 9.18 Å². The molecule has 0 aliphatic heterocycles. The monoisotopic (exact) mass is 245 g/mol. The highest BCUT2D eigenvalue weighted by molar-refractivity contribution is 5.86. The Kier molecular flexibility index (Phi) is 3.06. The van der Waals surface area contributed by atoms with E-state index in [1.807, 2.05) is 6.07 Å². The third-order valence-electron chi connectivity index (χ3n) is 2.39. The van der Waals surface area contributed by atoms with Gasteiger partial charge in [0.2, 0.25) is 0 Å². The van der Waals surface area contributed by atoms with Gasteiger partial charge in [0.05, 0.1) is 29.9 Å². The van der Waals surface area contributed by atoms with Gasteiger partial charge in [-0.15, -0.1) is 0 Å². The highest BCUT2D eigenvalue weighted by Gasteiger charge is 2.09. The van der Waals surface area contributed by atoms with E-state index in [1.165, 1.54) is 35.3 Å². The maximum atomic E-state index is 13.5.